The van der Waals surface area contributed by atoms with Gasteiger partial charge in [0.15, 0.2) is 0 Å². The lowest BCUT2D eigenvalue weighted by atomic mass is 10.1. The highest BCUT2D eigenvalue weighted by Crippen LogP contribution is 2.22. The first kappa shape index (κ1) is 12.6. The van der Waals surface area contributed by atoms with E-state index in [-0.39, 0.29) is 18.2 Å². The quantitative estimate of drug-likeness (QED) is 0.888. The van der Waals surface area contributed by atoms with Gasteiger partial charge in [0.25, 0.3) is 5.91 Å². The minimum absolute atomic E-state index is 0.0148. The lowest BCUT2D eigenvalue weighted by Gasteiger charge is -2.17. The SMILES string of the molecule is Cc1ccccc1C(=O)N1CCC(CC(=O)O)C1. The molecule has 1 aromatic rings. The molecule has 18 heavy (non-hydrogen) atoms. The second-order valence-corrected chi connectivity index (χ2v) is 4.82. The second-order valence-electron chi connectivity index (χ2n) is 4.82. The summed E-state index contributed by atoms with van der Waals surface area (Å²) in [7, 11) is 0. The average molecular weight is 247 g/mol. The second kappa shape index (κ2) is 5.21. The largest absolute Gasteiger partial charge is 0.481 e. The maximum absolute atomic E-state index is 12.3. The van der Waals surface area contributed by atoms with Gasteiger partial charge in [-0.25, -0.2) is 0 Å². The standard InChI is InChI=1S/C14H17NO3/c1-10-4-2-3-5-12(10)14(18)15-7-6-11(9-15)8-13(16)17/h2-5,11H,6-9H2,1H3,(H,16,17). The summed E-state index contributed by atoms with van der Waals surface area (Å²) in [5.41, 5.74) is 1.68. The number of likely N-dealkylation sites (tertiary alicyclic amines) is 1. The van der Waals surface area contributed by atoms with Crippen molar-refractivity contribution in [2.45, 2.75) is 19.8 Å². The highest BCUT2D eigenvalue weighted by Gasteiger charge is 2.28. The Balaban J connectivity index is 2.04. The van der Waals surface area contributed by atoms with Crippen LogP contribution in [-0.4, -0.2) is 35.0 Å². The topological polar surface area (TPSA) is 57.6 Å². The number of hydrogen-bond donors (Lipinski definition) is 1. The molecule has 1 saturated heterocycles. The molecular weight excluding hydrogens is 230 g/mol. The van der Waals surface area contributed by atoms with Crippen LogP contribution >= 0.6 is 0 Å². The van der Waals surface area contributed by atoms with Gasteiger partial charge in [-0.3, -0.25) is 9.59 Å². The van der Waals surface area contributed by atoms with Crippen molar-refractivity contribution in [3.63, 3.8) is 0 Å². The first-order valence-corrected chi connectivity index (χ1v) is 6.14. The van der Waals surface area contributed by atoms with E-state index in [9.17, 15) is 9.59 Å². The molecule has 1 aliphatic heterocycles. The van der Waals surface area contributed by atoms with Crippen LogP contribution in [0.1, 0.15) is 28.8 Å². The summed E-state index contributed by atoms with van der Waals surface area (Å²) in [6, 6.07) is 7.49. The lowest BCUT2D eigenvalue weighted by molar-refractivity contribution is -0.138. The molecule has 4 nitrogen and oxygen atoms in total. The summed E-state index contributed by atoms with van der Waals surface area (Å²) in [6.07, 6.45) is 0.932. The first-order valence-electron chi connectivity index (χ1n) is 6.14. The maximum atomic E-state index is 12.3. The highest BCUT2D eigenvalue weighted by molar-refractivity contribution is 5.95. The summed E-state index contributed by atoms with van der Waals surface area (Å²) < 4.78 is 0. The normalized spacial score (nSPS) is 18.9. The Hall–Kier alpha value is -1.84. The fraction of sp³-hybridized carbons (Fsp3) is 0.429. The van der Waals surface area contributed by atoms with E-state index in [2.05, 4.69) is 0 Å². The third kappa shape index (κ3) is 2.70. The summed E-state index contributed by atoms with van der Waals surface area (Å²) in [4.78, 5) is 24.7. The Kier molecular flexibility index (Phi) is 3.65. The van der Waals surface area contributed by atoms with Gasteiger partial charge in [0.1, 0.15) is 0 Å². The molecule has 4 heteroatoms. The fourth-order valence-corrected chi connectivity index (χ4v) is 2.41. The van der Waals surface area contributed by atoms with E-state index in [1.807, 2.05) is 31.2 Å². The van der Waals surface area contributed by atoms with Gasteiger partial charge in [-0.15, -0.1) is 0 Å². The van der Waals surface area contributed by atoms with Crippen LogP contribution in [0.4, 0.5) is 0 Å². The zero-order valence-electron chi connectivity index (χ0n) is 10.4. The molecule has 0 spiro atoms. The molecule has 1 unspecified atom stereocenters. The number of rotatable bonds is 3. The monoisotopic (exact) mass is 247 g/mol. The molecule has 1 aliphatic rings. The van der Waals surface area contributed by atoms with E-state index in [0.717, 1.165) is 12.0 Å². The average Bonchev–Trinajstić information content (AvgIpc) is 2.76. The van der Waals surface area contributed by atoms with Crippen molar-refractivity contribution in [1.29, 1.82) is 0 Å². The molecule has 1 atom stereocenters. The lowest BCUT2D eigenvalue weighted by Crippen LogP contribution is -2.29. The van der Waals surface area contributed by atoms with E-state index in [0.29, 0.717) is 18.7 Å². The Morgan fingerprint density at radius 1 is 1.39 bits per heavy atom. The van der Waals surface area contributed by atoms with Crippen LogP contribution in [0, 0.1) is 12.8 Å². The third-order valence-corrected chi connectivity index (χ3v) is 3.41. The van der Waals surface area contributed by atoms with Crippen LogP contribution < -0.4 is 0 Å². The van der Waals surface area contributed by atoms with E-state index < -0.39 is 5.97 Å². The van der Waals surface area contributed by atoms with Gasteiger partial charge in [-0.05, 0) is 30.9 Å². The van der Waals surface area contributed by atoms with Crippen molar-refractivity contribution < 1.29 is 14.7 Å². The number of carboxylic acid groups (broad SMARTS) is 1. The number of benzene rings is 1. The molecule has 2 rings (SSSR count). The summed E-state index contributed by atoms with van der Waals surface area (Å²) in [6.45, 7) is 3.13. The third-order valence-electron chi connectivity index (χ3n) is 3.41. The molecule has 1 amide bonds. The molecule has 1 heterocycles. The van der Waals surface area contributed by atoms with E-state index in [1.165, 1.54) is 0 Å². The predicted molar refractivity (Wildman–Crippen MR) is 67.4 cm³/mol. The van der Waals surface area contributed by atoms with Crippen molar-refractivity contribution in [3.8, 4) is 0 Å². The van der Waals surface area contributed by atoms with Gasteiger partial charge < -0.3 is 10.0 Å². The molecule has 0 aromatic heterocycles. The minimum Gasteiger partial charge on any atom is -0.481 e. The van der Waals surface area contributed by atoms with Crippen LogP contribution in [0.3, 0.4) is 0 Å². The zero-order chi connectivity index (χ0) is 13.1. The van der Waals surface area contributed by atoms with Crippen LogP contribution in [0.25, 0.3) is 0 Å². The Morgan fingerprint density at radius 2 is 2.11 bits per heavy atom. The summed E-state index contributed by atoms with van der Waals surface area (Å²) in [5, 5.41) is 8.76. The van der Waals surface area contributed by atoms with Crippen molar-refractivity contribution >= 4 is 11.9 Å². The predicted octanol–water partition coefficient (Wildman–Crippen LogP) is 1.93. The van der Waals surface area contributed by atoms with Gasteiger partial charge in [0.2, 0.25) is 0 Å². The maximum Gasteiger partial charge on any atom is 0.303 e. The van der Waals surface area contributed by atoms with Crippen molar-refractivity contribution in [2.24, 2.45) is 5.92 Å². The number of aryl methyl sites for hydroxylation is 1. The fourth-order valence-electron chi connectivity index (χ4n) is 2.41. The molecule has 1 aromatic carbocycles. The van der Waals surface area contributed by atoms with Gasteiger partial charge in [-0.1, -0.05) is 18.2 Å². The van der Waals surface area contributed by atoms with Gasteiger partial charge in [0.05, 0.1) is 0 Å². The Bertz CT molecular complexity index is 470. The number of amides is 1. The number of hydrogen-bond acceptors (Lipinski definition) is 2. The molecule has 0 saturated carbocycles. The van der Waals surface area contributed by atoms with Crippen LogP contribution in [-0.2, 0) is 4.79 Å². The number of carboxylic acids is 1. The van der Waals surface area contributed by atoms with E-state index in [1.54, 1.807) is 4.90 Å². The van der Waals surface area contributed by atoms with Crippen LogP contribution in [0.2, 0.25) is 0 Å². The van der Waals surface area contributed by atoms with Gasteiger partial charge in [0, 0.05) is 25.1 Å². The Morgan fingerprint density at radius 3 is 2.78 bits per heavy atom. The molecular formula is C14H17NO3. The van der Waals surface area contributed by atoms with Crippen LogP contribution in [0.5, 0.6) is 0 Å². The highest BCUT2D eigenvalue weighted by atomic mass is 16.4. The number of carbonyl (C=O) groups excluding carboxylic acids is 1. The summed E-state index contributed by atoms with van der Waals surface area (Å²) >= 11 is 0. The minimum atomic E-state index is -0.787. The van der Waals surface area contributed by atoms with Crippen molar-refractivity contribution in [2.75, 3.05) is 13.1 Å². The van der Waals surface area contributed by atoms with Gasteiger partial charge >= 0.3 is 5.97 Å². The Labute approximate surface area is 106 Å². The smallest absolute Gasteiger partial charge is 0.303 e. The molecule has 0 bridgehead atoms. The first-order chi connectivity index (χ1) is 8.58. The molecule has 1 fully saturated rings. The van der Waals surface area contributed by atoms with E-state index >= 15 is 0 Å². The number of carbonyl (C=O) groups is 2. The number of nitrogens with zero attached hydrogens (tertiary/aromatic N) is 1. The van der Waals surface area contributed by atoms with Crippen molar-refractivity contribution in [1.82, 2.24) is 4.90 Å². The molecule has 96 valence electrons. The molecule has 0 aliphatic carbocycles. The molecule has 0 radical (unpaired) electrons. The molecule has 1 N–H and O–H groups in total. The van der Waals surface area contributed by atoms with E-state index in [4.69, 9.17) is 5.11 Å². The zero-order valence-corrected chi connectivity index (χ0v) is 10.4. The van der Waals surface area contributed by atoms with Crippen molar-refractivity contribution in [3.05, 3.63) is 35.4 Å². The summed E-state index contributed by atoms with van der Waals surface area (Å²) in [5.74, 6) is -0.679. The van der Waals surface area contributed by atoms with Crippen LogP contribution in [0.15, 0.2) is 24.3 Å². The van der Waals surface area contributed by atoms with Gasteiger partial charge in [-0.2, -0.15) is 0 Å². The number of aliphatic carboxylic acids is 1.